The fourth-order valence-electron chi connectivity index (χ4n) is 3.36. The lowest BCUT2D eigenvalue weighted by Gasteiger charge is -2.31. The highest BCUT2D eigenvalue weighted by Crippen LogP contribution is 2.33. The predicted molar refractivity (Wildman–Crippen MR) is 129 cm³/mol. The molecule has 1 heterocycles. The van der Waals surface area contributed by atoms with Crippen molar-refractivity contribution in [3.8, 4) is 5.75 Å². The van der Waals surface area contributed by atoms with Crippen molar-refractivity contribution in [1.82, 2.24) is 10.3 Å². The lowest BCUT2D eigenvalue weighted by molar-refractivity contribution is 0.229. The van der Waals surface area contributed by atoms with Gasteiger partial charge in [-0.25, -0.2) is 4.79 Å². The summed E-state index contributed by atoms with van der Waals surface area (Å²) in [6.07, 6.45) is 8.07. The Hall–Kier alpha value is -2.76. The minimum Gasteiger partial charge on any atom is -0.491 e. The molecule has 2 amide bonds. The number of unbranched alkanes of at least 4 members (excludes halogenated alkanes) is 3. The van der Waals surface area contributed by atoms with Crippen molar-refractivity contribution in [1.29, 1.82) is 0 Å². The Morgan fingerprint density at radius 3 is 2.55 bits per heavy atom. The standard InChI is InChI=1S/C25H38N4O2/c1-7-8-9-10-16-31-22-17-20(29(5)6)13-14-21(22)27-24(30)28-23(25(2,3)4)19-12-11-15-26-18-19/h11-15,17-18,23H,7-10,16H2,1-6H3,(H2,27,28,30). The van der Waals surface area contributed by atoms with Crippen molar-refractivity contribution >= 4 is 17.4 Å². The van der Waals surface area contributed by atoms with Crippen molar-refractivity contribution < 1.29 is 9.53 Å². The van der Waals surface area contributed by atoms with Crippen LogP contribution < -0.4 is 20.3 Å². The Labute approximate surface area is 187 Å². The zero-order chi connectivity index (χ0) is 22.9. The smallest absolute Gasteiger partial charge is 0.319 e. The molecule has 170 valence electrons. The van der Waals surface area contributed by atoms with Crippen LogP contribution in [-0.4, -0.2) is 31.7 Å². The predicted octanol–water partition coefficient (Wildman–Crippen LogP) is 6.02. The van der Waals surface area contributed by atoms with Gasteiger partial charge in [0.15, 0.2) is 0 Å². The largest absolute Gasteiger partial charge is 0.491 e. The van der Waals surface area contributed by atoms with Crippen LogP contribution >= 0.6 is 0 Å². The highest BCUT2D eigenvalue weighted by Gasteiger charge is 2.28. The highest BCUT2D eigenvalue weighted by atomic mass is 16.5. The molecule has 6 nitrogen and oxygen atoms in total. The maximum atomic E-state index is 12.9. The number of hydrogen-bond acceptors (Lipinski definition) is 4. The number of nitrogens with one attached hydrogen (secondary N) is 2. The molecule has 1 atom stereocenters. The molecular formula is C25H38N4O2. The fraction of sp³-hybridized carbons (Fsp3) is 0.520. The summed E-state index contributed by atoms with van der Waals surface area (Å²) in [5, 5.41) is 6.10. The SMILES string of the molecule is CCCCCCOc1cc(N(C)C)ccc1NC(=O)NC(c1cccnc1)C(C)(C)C. The number of carbonyl (C=O) groups is 1. The Morgan fingerprint density at radius 1 is 1.16 bits per heavy atom. The second kappa shape index (κ2) is 11.6. The molecule has 1 aromatic carbocycles. The monoisotopic (exact) mass is 426 g/mol. The number of rotatable bonds is 10. The molecule has 0 saturated heterocycles. The molecule has 1 unspecified atom stereocenters. The van der Waals surface area contributed by atoms with E-state index in [4.69, 9.17) is 4.74 Å². The first kappa shape index (κ1) is 24.5. The molecule has 6 heteroatoms. The molecule has 2 aromatic rings. The molecule has 0 bridgehead atoms. The molecule has 0 spiro atoms. The lowest BCUT2D eigenvalue weighted by Crippen LogP contribution is -2.39. The number of nitrogens with zero attached hydrogens (tertiary/aromatic N) is 2. The van der Waals surface area contributed by atoms with E-state index < -0.39 is 0 Å². The third-order valence-corrected chi connectivity index (χ3v) is 5.14. The van der Waals surface area contributed by atoms with Crippen LogP contribution in [-0.2, 0) is 0 Å². The van der Waals surface area contributed by atoms with Crippen molar-refractivity contribution in [2.75, 3.05) is 30.9 Å². The maximum Gasteiger partial charge on any atom is 0.319 e. The van der Waals surface area contributed by atoms with E-state index in [1.54, 1.807) is 12.4 Å². The first-order chi connectivity index (χ1) is 14.7. The summed E-state index contributed by atoms with van der Waals surface area (Å²) in [6.45, 7) is 9.12. The van der Waals surface area contributed by atoms with Crippen LogP contribution in [0.4, 0.5) is 16.2 Å². The van der Waals surface area contributed by atoms with E-state index in [2.05, 4.69) is 43.3 Å². The second-order valence-electron chi connectivity index (χ2n) is 9.17. The zero-order valence-corrected chi connectivity index (χ0v) is 19.9. The molecule has 1 aromatic heterocycles. The molecule has 0 aliphatic heterocycles. The average molecular weight is 427 g/mol. The maximum absolute atomic E-state index is 12.9. The van der Waals surface area contributed by atoms with Crippen molar-refractivity contribution in [2.24, 2.45) is 5.41 Å². The van der Waals surface area contributed by atoms with Crippen LogP contribution in [0.2, 0.25) is 0 Å². The number of amides is 2. The summed E-state index contributed by atoms with van der Waals surface area (Å²) in [7, 11) is 3.98. The number of hydrogen-bond donors (Lipinski definition) is 2. The van der Waals surface area contributed by atoms with E-state index in [-0.39, 0.29) is 17.5 Å². The van der Waals surface area contributed by atoms with E-state index in [0.717, 1.165) is 24.1 Å². The van der Waals surface area contributed by atoms with Gasteiger partial charge in [0.25, 0.3) is 0 Å². The van der Waals surface area contributed by atoms with Gasteiger partial charge in [-0.2, -0.15) is 0 Å². The molecule has 2 rings (SSSR count). The van der Waals surface area contributed by atoms with Crippen LogP contribution in [0.3, 0.4) is 0 Å². The average Bonchev–Trinajstić information content (AvgIpc) is 2.72. The molecule has 0 aliphatic carbocycles. The molecule has 2 N–H and O–H groups in total. The first-order valence-corrected chi connectivity index (χ1v) is 11.1. The third kappa shape index (κ3) is 7.78. The van der Waals surface area contributed by atoms with Gasteiger partial charge in [0, 0.05) is 38.2 Å². The number of anilines is 2. The summed E-state index contributed by atoms with van der Waals surface area (Å²) < 4.78 is 6.05. The van der Waals surface area contributed by atoms with Crippen molar-refractivity contribution in [3.63, 3.8) is 0 Å². The van der Waals surface area contributed by atoms with Crippen LogP contribution in [0.15, 0.2) is 42.7 Å². The molecule has 0 aliphatic rings. The molecule has 0 fully saturated rings. The number of carbonyl (C=O) groups excluding carboxylic acids is 1. The summed E-state index contributed by atoms with van der Waals surface area (Å²) in [5.74, 6) is 0.687. The van der Waals surface area contributed by atoms with Gasteiger partial charge in [-0.1, -0.05) is 53.0 Å². The van der Waals surface area contributed by atoms with Gasteiger partial charge in [0.05, 0.1) is 18.3 Å². The highest BCUT2D eigenvalue weighted by molar-refractivity contribution is 5.91. The van der Waals surface area contributed by atoms with Gasteiger partial charge in [0.1, 0.15) is 5.75 Å². The Morgan fingerprint density at radius 2 is 1.94 bits per heavy atom. The van der Waals surface area contributed by atoms with Crippen LogP contribution in [0.1, 0.15) is 65.0 Å². The number of pyridine rings is 1. The topological polar surface area (TPSA) is 66.5 Å². The Balaban J connectivity index is 2.14. The normalized spacial score (nSPS) is 12.2. The van der Waals surface area contributed by atoms with Gasteiger partial charge in [0.2, 0.25) is 0 Å². The minimum absolute atomic E-state index is 0.173. The fourth-order valence-corrected chi connectivity index (χ4v) is 3.36. The minimum atomic E-state index is -0.266. The van der Waals surface area contributed by atoms with Crippen LogP contribution in [0, 0.1) is 5.41 Å². The van der Waals surface area contributed by atoms with E-state index in [0.29, 0.717) is 18.0 Å². The van der Waals surface area contributed by atoms with Crippen molar-refractivity contribution in [2.45, 2.75) is 59.4 Å². The first-order valence-electron chi connectivity index (χ1n) is 11.1. The van der Waals surface area contributed by atoms with E-state index >= 15 is 0 Å². The van der Waals surface area contributed by atoms with Crippen molar-refractivity contribution in [3.05, 3.63) is 48.3 Å². The Kier molecular flexibility index (Phi) is 9.16. The van der Waals surface area contributed by atoms with Crippen LogP contribution in [0.5, 0.6) is 5.75 Å². The molecule has 0 saturated carbocycles. The Bertz CT molecular complexity index is 816. The molecular weight excluding hydrogens is 388 g/mol. The van der Waals surface area contributed by atoms with Gasteiger partial charge in [-0.3, -0.25) is 4.98 Å². The summed E-state index contributed by atoms with van der Waals surface area (Å²) in [5.41, 5.74) is 2.49. The van der Waals surface area contributed by atoms with E-state index in [1.807, 2.05) is 49.3 Å². The van der Waals surface area contributed by atoms with E-state index in [9.17, 15) is 4.79 Å². The van der Waals surface area contributed by atoms with Gasteiger partial charge >= 0.3 is 6.03 Å². The lowest BCUT2D eigenvalue weighted by atomic mass is 9.83. The summed E-state index contributed by atoms with van der Waals surface area (Å²) in [4.78, 5) is 19.1. The number of urea groups is 1. The number of aromatic nitrogens is 1. The van der Waals surface area contributed by atoms with E-state index in [1.165, 1.54) is 12.8 Å². The van der Waals surface area contributed by atoms with Gasteiger partial charge in [-0.15, -0.1) is 0 Å². The summed E-state index contributed by atoms with van der Waals surface area (Å²) in [6, 6.07) is 9.27. The van der Waals surface area contributed by atoms with Crippen LogP contribution in [0.25, 0.3) is 0 Å². The van der Waals surface area contributed by atoms with Gasteiger partial charge in [-0.05, 0) is 35.6 Å². The molecule has 0 radical (unpaired) electrons. The van der Waals surface area contributed by atoms with Gasteiger partial charge < -0.3 is 20.3 Å². The number of benzene rings is 1. The third-order valence-electron chi connectivity index (χ3n) is 5.14. The molecule has 31 heavy (non-hydrogen) atoms. The number of ether oxygens (including phenoxy) is 1. The second-order valence-corrected chi connectivity index (χ2v) is 9.17. The zero-order valence-electron chi connectivity index (χ0n) is 19.9. The summed E-state index contributed by atoms with van der Waals surface area (Å²) >= 11 is 0. The quantitative estimate of drug-likeness (QED) is 0.456.